The third-order valence-electron chi connectivity index (χ3n) is 4.59. The van der Waals surface area contributed by atoms with Gasteiger partial charge in [-0.3, -0.25) is 0 Å². The molecule has 0 amide bonds. The van der Waals surface area contributed by atoms with Crippen LogP contribution in [0.5, 0.6) is 0 Å². The van der Waals surface area contributed by atoms with Crippen LogP contribution in [0.25, 0.3) is 5.57 Å². The van der Waals surface area contributed by atoms with E-state index < -0.39 is 0 Å². The maximum Gasteiger partial charge on any atom is 0.00701 e. The molecular weight excluding hydrogens is 228 g/mol. The first-order valence-electron chi connectivity index (χ1n) is 7.48. The second-order valence-corrected chi connectivity index (χ2v) is 5.60. The number of fused-ring (bicyclic) bond motifs is 2. The number of hydrogen-bond acceptors (Lipinski definition) is 0. The predicted octanol–water partition coefficient (Wildman–Crippen LogP) is 5.42. The molecular formula is C19H22. The smallest absolute Gasteiger partial charge is 0.00701 e. The van der Waals surface area contributed by atoms with Crippen LogP contribution in [0.4, 0.5) is 0 Å². The van der Waals surface area contributed by atoms with Gasteiger partial charge >= 0.3 is 0 Å². The van der Waals surface area contributed by atoms with Crippen LogP contribution in [0.15, 0.2) is 47.6 Å². The van der Waals surface area contributed by atoms with Crippen molar-refractivity contribution in [1.82, 2.24) is 0 Å². The first-order chi connectivity index (χ1) is 9.24. The van der Waals surface area contributed by atoms with Gasteiger partial charge in [-0.05, 0) is 47.1 Å². The van der Waals surface area contributed by atoms with Gasteiger partial charge in [0, 0.05) is 5.92 Å². The minimum absolute atomic E-state index is 0.553. The van der Waals surface area contributed by atoms with Crippen LogP contribution < -0.4 is 0 Å². The van der Waals surface area contributed by atoms with Crippen LogP contribution in [0.3, 0.4) is 0 Å². The molecule has 3 rings (SSSR count). The van der Waals surface area contributed by atoms with E-state index >= 15 is 0 Å². The average Bonchev–Trinajstić information content (AvgIpc) is 2.62. The lowest BCUT2D eigenvalue weighted by molar-refractivity contribution is 0.943. The Morgan fingerprint density at radius 3 is 2.68 bits per heavy atom. The van der Waals surface area contributed by atoms with Crippen LogP contribution in [0.2, 0.25) is 0 Å². The zero-order valence-electron chi connectivity index (χ0n) is 12.2. The van der Waals surface area contributed by atoms with E-state index in [4.69, 9.17) is 0 Å². The fraction of sp³-hybridized carbons (Fsp3) is 0.368. The zero-order valence-corrected chi connectivity index (χ0v) is 12.2. The van der Waals surface area contributed by atoms with Crippen molar-refractivity contribution in [3.63, 3.8) is 0 Å². The Bertz CT molecular complexity index is 596. The van der Waals surface area contributed by atoms with Crippen LogP contribution in [-0.4, -0.2) is 0 Å². The lowest BCUT2D eigenvalue weighted by Gasteiger charge is -2.09. The maximum atomic E-state index is 2.41. The summed E-state index contributed by atoms with van der Waals surface area (Å²) in [7, 11) is 0. The molecule has 0 aliphatic heterocycles. The monoisotopic (exact) mass is 250 g/mol. The van der Waals surface area contributed by atoms with E-state index in [2.05, 4.69) is 57.2 Å². The van der Waals surface area contributed by atoms with Crippen molar-refractivity contribution >= 4 is 5.57 Å². The molecule has 1 aromatic rings. The Morgan fingerprint density at radius 2 is 1.95 bits per heavy atom. The van der Waals surface area contributed by atoms with Crippen LogP contribution in [-0.2, 0) is 6.42 Å². The average molecular weight is 250 g/mol. The Balaban J connectivity index is 2.09. The summed E-state index contributed by atoms with van der Waals surface area (Å²) < 4.78 is 0. The summed E-state index contributed by atoms with van der Waals surface area (Å²) in [4.78, 5) is 0. The summed E-state index contributed by atoms with van der Waals surface area (Å²) in [6, 6.07) is 7.04. The molecule has 0 radical (unpaired) electrons. The van der Waals surface area contributed by atoms with Gasteiger partial charge < -0.3 is 0 Å². The van der Waals surface area contributed by atoms with Gasteiger partial charge in [0.05, 0.1) is 0 Å². The molecule has 1 unspecified atom stereocenters. The van der Waals surface area contributed by atoms with Crippen molar-refractivity contribution < 1.29 is 0 Å². The lowest BCUT2D eigenvalue weighted by atomic mass is 9.95. The van der Waals surface area contributed by atoms with E-state index in [-0.39, 0.29) is 0 Å². The van der Waals surface area contributed by atoms with Crippen LogP contribution in [0, 0.1) is 0 Å². The molecule has 98 valence electrons. The molecule has 0 heteroatoms. The standard InChI is InChI=1S/C19H22/c1-4-14-6-9-16-13(3)17-10-8-15(5-2)12-19(17)18(16)11-7-14/h6-10,12-13H,4-5,11H2,1-3H3. The quantitative estimate of drug-likeness (QED) is 0.657. The fourth-order valence-corrected chi connectivity index (χ4v) is 3.28. The number of hydrogen-bond donors (Lipinski definition) is 0. The first-order valence-corrected chi connectivity index (χ1v) is 7.48. The van der Waals surface area contributed by atoms with Gasteiger partial charge in [-0.1, -0.05) is 62.8 Å². The van der Waals surface area contributed by atoms with E-state index in [0.717, 1.165) is 19.3 Å². The largest absolute Gasteiger partial charge is 0.0769 e. The molecule has 19 heavy (non-hydrogen) atoms. The van der Waals surface area contributed by atoms with Crippen molar-refractivity contribution in [3.8, 4) is 0 Å². The molecule has 2 aliphatic rings. The van der Waals surface area contributed by atoms with E-state index in [1.807, 2.05) is 0 Å². The zero-order chi connectivity index (χ0) is 13.4. The molecule has 0 N–H and O–H groups in total. The van der Waals surface area contributed by atoms with Gasteiger partial charge in [-0.15, -0.1) is 0 Å². The van der Waals surface area contributed by atoms with Crippen molar-refractivity contribution in [2.75, 3.05) is 0 Å². The normalized spacial score (nSPS) is 21.0. The molecule has 0 fully saturated rings. The van der Waals surface area contributed by atoms with Crippen molar-refractivity contribution in [1.29, 1.82) is 0 Å². The minimum Gasteiger partial charge on any atom is -0.0769 e. The van der Waals surface area contributed by atoms with E-state index in [9.17, 15) is 0 Å². The lowest BCUT2D eigenvalue weighted by Crippen LogP contribution is -1.92. The van der Waals surface area contributed by atoms with Gasteiger partial charge in [0.2, 0.25) is 0 Å². The second kappa shape index (κ2) is 4.85. The number of rotatable bonds is 2. The fourth-order valence-electron chi connectivity index (χ4n) is 3.28. The summed E-state index contributed by atoms with van der Waals surface area (Å²) in [5.41, 5.74) is 9.02. The highest BCUT2D eigenvalue weighted by atomic mass is 14.3. The van der Waals surface area contributed by atoms with Gasteiger partial charge in [-0.25, -0.2) is 0 Å². The highest BCUT2D eigenvalue weighted by Gasteiger charge is 2.26. The van der Waals surface area contributed by atoms with Crippen LogP contribution in [0.1, 0.15) is 56.2 Å². The highest BCUT2D eigenvalue weighted by Crippen LogP contribution is 2.45. The van der Waals surface area contributed by atoms with Crippen LogP contribution >= 0.6 is 0 Å². The van der Waals surface area contributed by atoms with Crippen molar-refractivity contribution in [2.45, 2.75) is 46.0 Å². The Morgan fingerprint density at radius 1 is 1.11 bits per heavy atom. The van der Waals surface area contributed by atoms with Gasteiger partial charge in [0.1, 0.15) is 0 Å². The summed E-state index contributed by atoms with van der Waals surface area (Å²) in [5.74, 6) is 0.553. The Labute approximate surface area is 116 Å². The maximum absolute atomic E-state index is 2.41. The molecule has 0 heterocycles. The molecule has 0 bridgehead atoms. The van der Waals surface area contributed by atoms with Gasteiger partial charge in [0.25, 0.3) is 0 Å². The summed E-state index contributed by atoms with van der Waals surface area (Å²) in [5, 5.41) is 0. The second-order valence-electron chi connectivity index (χ2n) is 5.60. The number of benzene rings is 1. The molecule has 0 saturated heterocycles. The molecule has 0 aromatic heterocycles. The van der Waals surface area contributed by atoms with Crippen molar-refractivity contribution in [2.24, 2.45) is 0 Å². The van der Waals surface area contributed by atoms with E-state index in [1.54, 1.807) is 5.57 Å². The summed E-state index contributed by atoms with van der Waals surface area (Å²) in [6.45, 7) is 6.81. The molecule has 1 atom stereocenters. The van der Waals surface area contributed by atoms with E-state index in [1.165, 1.54) is 27.8 Å². The summed E-state index contributed by atoms with van der Waals surface area (Å²) in [6.07, 6.45) is 10.4. The molecule has 1 aromatic carbocycles. The third-order valence-corrected chi connectivity index (χ3v) is 4.59. The van der Waals surface area contributed by atoms with Crippen molar-refractivity contribution in [3.05, 3.63) is 64.3 Å². The Hall–Kier alpha value is -1.56. The number of aryl methyl sites for hydroxylation is 1. The molecule has 0 spiro atoms. The molecule has 0 saturated carbocycles. The summed E-state index contributed by atoms with van der Waals surface area (Å²) >= 11 is 0. The molecule has 2 aliphatic carbocycles. The minimum atomic E-state index is 0.553. The van der Waals surface area contributed by atoms with Gasteiger partial charge in [0.15, 0.2) is 0 Å². The first kappa shape index (κ1) is 12.5. The Kier molecular flexibility index (Phi) is 3.18. The van der Waals surface area contributed by atoms with E-state index in [0.29, 0.717) is 5.92 Å². The molecule has 0 nitrogen and oxygen atoms in total. The number of allylic oxidation sites excluding steroid dienone is 6. The topological polar surface area (TPSA) is 0 Å². The SMILES string of the molecule is CCC1=CCC2=C(C=C1)C(C)c1ccc(CC)cc12. The van der Waals surface area contributed by atoms with Gasteiger partial charge in [-0.2, -0.15) is 0 Å². The third kappa shape index (κ3) is 2.00. The highest BCUT2D eigenvalue weighted by molar-refractivity contribution is 5.82. The predicted molar refractivity (Wildman–Crippen MR) is 83.3 cm³/mol.